The second-order valence-electron chi connectivity index (χ2n) is 7.01. The van der Waals surface area contributed by atoms with Crippen molar-refractivity contribution in [2.45, 2.75) is 24.7 Å². The van der Waals surface area contributed by atoms with Gasteiger partial charge in [-0.1, -0.05) is 6.07 Å². The van der Waals surface area contributed by atoms with Gasteiger partial charge in [0.15, 0.2) is 11.6 Å². The third kappa shape index (κ3) is 5.08. The number of carbonyl (C=O) groups is 2. The monoisotopic (exact) mass is 452 g/mol. The SMILES string of the molecule is CCOC(=O)c1ccc(S(=O)(=O)N2CCC(C(=O)Nc3cccc(F)c3F)CC2)cc1. The van der Waals surface area contributed by atoms with Gasteiger partial charge in [-0.2, -0.15) is 4.31 Å². The van der Waals surface area contributed by atoms with E-state index < -0.39 is 39.5 Å². The number of piperidine rings is 1. The number of nitrogens with zero attached hydrogens (tertiary/aromatic N) is 1. The Bertz CT molecular complexity index is 1070. The largest absolute Gasteiger partial charge is 0.462 e. The quantitative estimate of drug-likeness (QED) is 0.680. The first-order valence-corrected chi connectivity index (χ1v) is 11.2. The Kier molecular flexibility index (Phi) is 7.01. The van der Waals surface area contributed by atoms with E-state index in [4.69, 9.17) is 4.74 Å². The van der Waals surface area contributed by atoms with Crippen molar-refractivity contribution >= 4 is 27.6 Å². The number of amides is 1. The minimum Gasteiger partial charge on any atom is -0.462 e. The zero-order valence-corrected chi connectivity index (χ0v) is 17.6. The summed E-state index contributed by atoms with van der Waals surface area (Å²) in [6.07, 6.45) is 0.478. The first-order chi connectivity index (χ1) is 14.7. The molecule has 0 saturated carbocycles. The van der Waals surface area contributed by atoms with Gasteiger partial charge in [0.05, 0.1) is 22.8 Å². The summed E-state index contributed by atoms with van der Waals surface area (Å²) in [6, 6.07) is 8.96. The topological polar surface area (TPSA) is 92.8 Å². The standard InChI is InChI=1S/C21H22F2N2O5S/c1-2-30-21(27)15-6-8-16(9-7-15)31(28,29)25-12-10-14(11-13-25)20(26)24-18-5-3-4-17(22)19(18)23/h3-9,14H,2,10-13H2,1H3,(H,24,26). The van der Waals surface area contributed by atoms with Crippen molar-refractivity contribution in [3.8, 4) is 0 Å². The summed E-state index contributed by atoms with van der Waals surface area (Å²) in [4.78, 5) is 24.1. The van der Waals surface area contributed by atoms with Gasteiger partial charge in [0.2, 0.25) is 15.9 Å². The molecule has 0 unspecified atom stereocenters. The van der Waals surface area contributed by atoms with Crippen molar-refractivity contribution in [2.24, 2.45) is 5.92 Å². The molecule has 0 bridgehead atoms. The predicted molar refractivity (Wildman–Crippen MR) is 109 cm³/mol. The highest BCUT2D eigenvalue weighted by atomic mass is 32.2. The van der Waals surface area contributed by atoms with E-state index in [1.54, 1.807) is 6.92 Å². The van der Waals surface area contributed by atoms with Crippen LogP contribution in [0.25, 0.3) is 0 Å². The normalized spacial score (nSPS) is 15.5. The molecule has 1 amide bonds. The Hall–Kier alpha value is -2.85. The number of esters is 1. The number of hydrogen-bond donors (Lipinski definition) is 1. The maximum atomic E-state index is 13.8. The van der Waals surface area contributed by atoms with Crippen molar-refractivity contribution in [3.63, 3.8) is 0 Å². The predicted octanol–water partition coefficient (Wildman–Crippen LogP) is 3.18. The molecule has 0 aromatic heterocycles. The lowest BCUT2D eigenvalue weighted by molar-refractivity contribution is -0.120. The third-order valence-corrected chi connectivity index (χ3v) is 6.95. The average molecular weight is 452 g/mol. The van der Waals surface area contributed by atoms with Crippen LogP contribution < -0.4 is 5.32 Å². The molecule has 1 heterocycles. The zero-order valence-electron chi connectivity index (χ0n) is 16.8. The van der Waals surface area contributed by atoms with Crippen molar-refractivity contribution in [1.82, 2.24) is 4.31 Å². The van der Waals surface area contributed by atoms with Crippen LogP contribution in [0.1, 0.15) is 30.1 Å². The molecule has 0 spiro atoms. The Labute approximate surface area is 179 Å². The Morgan fingerprint density at radius 2 is 1.74 bits per heavy atom. The Balaban J connectivity index is 1.62. The van der Waals surface area contributed by atoms with Crippen molar-refractivity contribution in [3.05, 3.63) is 59.7 Å². The van der Waals surface area contributed by atoms with Crippen molar-refractivity contribution in [2.75, 3.05) is 25.0 Å². The summed E-state index contributed by atoms with van der Waals surface area (Å²) in [5.74, 6) is -3.75. The molecule has 1 N–H and O–H groups in total. The molecular weight excluding hydrogens is 430 g/mol. The van der Waals surface area contributed by atoms with E-state index in [-0.39, 0.29) is 48.7 Å². The van der Waals surface area contributed by atoms with Gasteiger partial charge in [0.1, 0.15) is 0 Å². The van der Waals surface area contributed by atoms with Gasteiger partial charge < -0.3 is 10.1 Å². The fraction of sp³-hybridized carbons (Fsp3) is 0.333. The van der Waals surface area contributed by atoms with Crippen LogP contribution in [0.15, 0.2) is 47.4 Å². The number of nitrogens with one attached hydrogen (secondary N) is 1. The number of ether oxygens (including phenoxy) is 1. The molecule has 2 aromatic rings. The summed E-state index contributed by atoms with van der Waals surface area (Å²) in [7, 11) is -3.80. The highest BCUT2D eigenvalue weighted by Crippen LogP contribution is 2.26. The summed E-state index contributed by atoms with van der Waals surface area (Å²) in [5, 5.41) is 2.37. The Morgan fingerprint density at radius 1 is 1.10 bits per heavy atom. The van der Waals surface area contributed by atoms with Crippen LogP contribution in [0.4, 0.5) is 14.5 Å². The fourth-order valence-corrected chi connectivity index (χ4v) is 4.79. The van der Waals surface area contributed by atoms with Crippen LogP contribution >= 0.6 is 0 Å². The van der Waals surface area contributed by atoms with Gasteiger partial charge in [-0.15, -0.1) is 0 Å². The fourth-order valence-electron chi connectivity index (χ4n) is 3.32. The van der Waals surface area contributed by atoms with Gasteiger partial charge >= 0.3 is 5.97 Å². The third-order valence-electron chi connectivity index (χ3n) is 5.04. The number of sulfonamides is 1. The smallest absolute Gasteiger partial charge is 0.338 e. The molecule has 0 radical (unpaired) electrons. The summed E-state index contributed by atoms with van der Waals surface area (Å²) in [6.45, 7) is 2.10. The summed E-state index contributed by atoms with van der Waals surface area (Å²) < 4.78 is 58.9. The molecule has 31 heavy (non-hydrogen) atoms. The second-order valence-corrected chi connectivity index (χ2v) is 8.95. The first-order valence-electron chi connectivity index (χ1n) is 9.76. The maximum Gasteiger partial charge on any atom is 0.338 e. The number of benzene rings is 2. The number of hydrogen-bond acceptors (Lipinski definition) is 5. The molecule has 2 aromatic carbocycles. The van der Waals surface area contributed by atoms with Gasteiger partial charge in [-0.3, -0.25) is 4.79 Å². The highest BCUT2D eigenvalue weighted by molar-refractivity contribution is 7.89. The molecule has 166 valence electrons. The van der Waals surface area contributed by atoms with Gasteiger partial charge in [-0.25, -0.2) is 22.0 Å². The summed E-state index contributed by atoms with van der Waals surface area (Å²) in [5.41, 5.74) is 0.00232. The number of rotatable bonds is 6. The molecule has 0 aliphatic carbocycles. The molecule has 1 aliphatic rings. The van der Waals surface area contributed by atoms with Crippen LogP contribution in [0.5, 0.6) is 0 Å². The first kappa shape index (κ1) is 22.8. The van der Waals surface area contributed by atoms with Crippen LogP contribution in [0.2, 0.25) is 0 Å². The van der Waals surface area contributed by atoms with E-state index in [1.165, 1.54) is 40.7 Å². The molecule has 0 atom stereocenters. The van der Waals surface area contributed by atoms with E-state index in [9.17, 15) is 26.8 Å². The average Bonchev–Trinajstić information content (AvgIpc) is 2.77. The minimum absolute atomic E-state index is 0.0327. The molecule has 7 nitrogen and oxygen atoms in total. The lowest BCUT2D eigenvalue weighted by atomic mass is 9.97. The number of carbonyl (C=O) groups excluding carboxylic acids is 2. The summed E-state index contributed by atoms with van der Waals surface area (Å²) >= 11 is 0. The molecule has 10 heteroatoms. The van der Waals surface area contributed by atoms with Crippen molar-refractivity contribution in [1.29, 1.82) is 0 Å². The molecule has 3 rings (SSSR count). The second kappa shape index (κ2) is 9.52. The van der Waals surface area contributed by atoms with Crippen LogP contribution in [-0.2, 0) is 19.6 Å². The lowest BCUT2D eigenvalue weighted by Crippen LogP contribution is -2.41. The number of anilines is 1. The van der Waals surface area contributed by atoms with Crippen LogP contribution in [-0.4, -0.2) is 44.3 Å². The van der Waals surface area contributed by atoms with Gasteiger partial charge in [0.25, 0.3) is 0 Å². The molecule has 1 aliphatic heterocycles. The van der Waals surface area contributed by atoms with E-state index in [0.29, 0.717) is 0 Å². The molecule has 1 saturated heterocycles. The zero-order chi connectivity index (χ0) is 22.6. The van der Waals surface area contributed by atoms with E-state index in [2.05, 4.69) is 5.32 Å². The highest BCUT2D eigenvalue weighted by Gasteiger charge is 2.32. The van der Waals surface area contributed by atoms with E-state index >= 15 is 0 Å². The minimum atomic E-state index is -3.80. The van der Waals surface area contributed by atoms with Gasteiger partial charge in [0, 0.05) is 19.0 Å². The lowest BCUT2D eigenvalue weighted by Gasteiger charge is -2.30. The maximum absolute atomic E-state index is 13.8. The van der Waals surface area contributed by atoms with Crippen LogP contribution in [0.3, 0.4) is 0 Å². The number of halogens is 2. The molecule has 1 fully saturated rings. The Morgan fingerprint density at radius 3 is 2.35 bits per heavy atom. The van der Waals surface area contributed by atoms with E-state index in [0.717, 1.165) is 6.07 Å². The van der Waals surface area contributed by atoms with Crippen LogP contribution in [0, 0.1) is 17.6 Å². The molecular formula is C21H22F2N2O5S. The van der Waals surface area contributed by atoms with Crippen molar-refractivity contribution < 1.29 is 31.5 Å². The van der Waals surface area contributed by atoms with E-state index in [1.807, 2.05) is 0 Å². The van der Waals surface area contributed by atoms with Gasteiger partial charge in [-0.05, 0) is 56.2 Å².